The van der Waals surface area contributed by atoms with Gasteiger partial charge in [-0.1, -0.05) is 23.7 Å². The number of carbonyl (C=O) groups is 3. The van der Waals surface area contributed by atoms with Crippen LogP contribution >= 0.6 is 11.6 Å². The van der Waals surface area contributed by atoms with Crippen LogP contribution in [-0.2, 0) is 27.4 Å². The van der Waals surface area contributed by atoms with Gasteiger partial charge in [-0.2, -0.15) is 5.10 Å². The van der Waals surface area contributed by atoms with Crippen molar-refractivity contribution in [1.82, 2.24) is 24.6 Å². The van der Waals surface area contributed by atoms with E-state index < -0.39 is 29.7 Å². The molecule has 2 aliphatic heterocycles. The molecule has 1 fully saturated rings. The monoisotopic (exact) mass is 677 g/mol. The number of nitrogens with zero attached hydrogens (tertiary/aromatic N) is 6. The number of halogens is 2. The number of hydrogen-bond acceptors (Lipinski definition) is 9. The molecule has 0 unspecified atom stereocenters. The summed E-state index contributed by atoms with van der Waals surface area (Å²) >= 11 is 6.67. The Kier molecular flexibility index (Phi) is 8.99. The molecule has 2 amide bonds. The van der Waals surface area contributed by atoms with E-state index in [0.29, 0.717) is 57.6 Å². The smallest absolute Gasteiger partial charge is 0.306 e. The van der Waals surface area contributed by atoms with Crippen LogP contribution in [0.15, 0.2) is 42.7 Å². The third-order valence-electron chi connectivity index (χ3n) is 8.22. The number of alkyl halides is 1. The number of ether oxygens (including phenoxy) is 2. The van der Waals surface area contributed by atoms with Crippen LogP contribution in [0.2, 0.25) is 5.02 Å². The fraction of sp³-hybridized carbons (Fsp3) is 0.412. The van der Waals surface area contributed by atoms with Gasteiger partial charge in [0.2, 0.25) is 5.91 Å². The van der Waals surface area contributed by atoms with E-state index in [9.17, 15) is 18.8 Å². The molecule has 2 N–H and O–H groups in total. The predicted octanol–water partition coefficient (Wildman–Crippen LogP) is 4.68. The fourth-order valence-corrected chi connectivity index (χ4v) is 6.26. The minimum atomic E-state index is -0.967. The fourth-order valence-electron chi connectivity index (χ4n) is 6.00. The Labute approximate surface area is 282 Å². The number of anilines is 1. The van der Waals surface area contributed by atoms with Gasteiger partial charge in [-0.15, -0.1) is 0 Å². The van der Waals surface area contributed by atoms with E-state index in [-0.39, 0.29) is 38.4 Å². The third-order valence-corrected chi connectivity index (χ3v) is 8.51. The Hall–Kier alpha value is -4.78. The normalized spacial score (nSPS) is 15.4. The van der Waals surface area contributed by atoms with Gasteiger partial charge in [0.15, 0.2) is 5.65 Å². The number of hydrogen-bond donors (Lipinski definition) is 1. The number of nitrogens with two attached hydrogens (primary N) is 1. The van der Waals surface area contributed by atoms with Gasteiger partial charge in [0.1, 0.15) is 29.4 Å². The first-order chi connectivity index (χ1) is 22.8. The Morgan fingerprint density at radius 1 is 1.15 bits per heavy atom. The standard InChI is InChI=1S/C34H37ClFN7O5/c1-5-47-22-11-26(35)30(38-13-22)24-12-28(41-17-21(36)18-41)40-32-25(24)14-39-43(32)15-19-6-7-23-20(10-19)16-42(33(23)46)27(31(37)45)8-9-29(44)48-34(2,3)4/h6-7,10-14,21,27H,5,8-9,15-18H2,1-4H3,(H2,37,45)/t27-/m0/s1. The zero-order valence-corrected chi connectivity index (χ0v) is 28.0. The van der Waals surface area contributed by atoms with Crippen LogP contribution in [0.1, 0.15) is 62.0 Å². The number of pyridine rings is 2. The minimum absolute atomic E-state index is 0.0552. The third kappa shape index (κ3) is 6.77. The summed E-state index contributed by atoms with van der Waals surface area (Å²) in [4.78, 5) is 50.8. The summed E-state index contributed by atoms with van der Waals surface area (Å²) in [6.07, 6.45) is 2.38. The highest BCUT2D eigenvalue weighted by Gasteiger charge is 2.36. The topological polar surface area (TPSA) is 146 Å². The second kappa shape index (κ2) is 13.0. The zero-order chi connectivity index (χ0) is 34.3. The molecule has 5 heterocycles. The van der Waals surface area contributed by atoms with Crippen molar-refractivity contribution in [2.75, 3.05) is 24.6 Å². The van der Waals surface area contributed by atoms with E-state index in [0.717, 1.165) is 11.1 Å². The van der Waals surface area contributed by atoms with Crippen LogP contribution < -0.4 is 15.4 Å². The second-order valence-corrected chi connectivity index (χ2v) is 13.4. The summed E-state index contributed by atoms with van der Waals surface area (Å²) in [5.41, 5.74) is 8.85. The molecule has 1 aromatic carbocycles. The SMILES string of the molecule is CCOc1cnc(-c2cc(N3CC(F)C3)nc3c2cnn3Cc2ccc3c(c2)CN([C@@H](CCC(=O)OC(C)(C)C)C(N)=O)C3=O)c(Cl)c1. The Bertz CT molecular complexity index is 1900. The van der Waals surface area contributed by atoms with Gasteiger partial charge in [0, 0.05) is 35.5 Å². The molecule has 1 saturated heterocycles. The van der Waals surface area contributed by atoms with Crippen molar-refractivity contribution in [1.29, 1.82) is 0 Å². The first-order valence-electron chi connectivity index (χ1n) is 15.8. The highest BCUT2D eigenvalue weighted by atomic mass is 35.5. The van der Waals surface area contributed by atoms with Gasteiger partial charge in [-0.05, 0) is 57.4 Å². The molecule has 0 bridgehead atoms. The summed E-state index contributed by atoms with van der Waals surface area (Å²) in [7, 11) is 0. The van der Waals surface area contributed by atoms with Crippen molar-refractivity contribution in [2.24, 2.45) is 5.73 Å². The lowest BCUT2D eigenvalue weighted by atomic mass is 10.1. The lowest BCUT2D eigenvalue weighted by molar-refractivity contribution is -0.155. The molecule has 48 heavy (non-hydrogen) atoms. The first kappa shape index (κ1) is 33.1. The van der Waals surface area contributed by atoms with Gasteiger partial charge >= 0.3 is 5.97 Å². The molecule has 14 heteroatoms. The van der Waals surface area contributed by atoms with E-state index in [1.54, 1.807) is 50.0 Å². The number of carbonyl (C=O) groups excluding carboxylic acids is 3. The van der Waals surface area contributed by atoms with Crippen molar-refractivity contribution in [3.8, 4) is 17.0 Å². The van der Waals surface area contributed by atoms with E-state index in [1.165, 1.54) is 4.90 Å². The number of esters is 1. The number of amides is 2. The number of aromatic nitrogens is 4. The van der Waals surface area contributed by atoms with Gasteiger partial charge in [0.25, 0.3) is 5.91 Å². The Balaban J connectivity index is 1.27. The van der Waals surface area contributed by atoms with E-state index >= 15 is 0 Å². The molecular weight excluding hydrogens is 641 g/mol. The zero-order valence-electron chi connectivity index (χ0n) is 27.2. The van der Waals surface area contributed by atoms with Crippen molar-refractivity contribution in [3.05, 3.63) is 64.4 Å². The van der Waals surface area contributed by atoms with Crippen LogP contribution in [0.4, 0.5) is 10.2 Å². The largest absolute Gasteiger partial charge is 0.492 e. The maximum atomic E-state index is 13.9. The summed E-state index contributed by atoms with van der Waals surface area (Å²) in [6.45, 7) is 8.57. The minimum Gasteiger partial charge on any atom is -0.492 e. The molecule has 4 aromatic rings. The predicted molar refractivity (Wildman–Crippen MR) is 178 cm³/mol. The number of fused-ring (bicyclic) bond motifs is 2. The lowest BCUT2D eigenvalue weighted by Gasteiger charge is -2.35. The van der Waals surface area contributed by atoms with Crippen LogP contribution in [0, 0.1) is 0 Å². The average molecular weight is 678 g/mol. The van der Waals surface area contributed by atoms with E-state index in [2.05, 4.69) is 10.1 Å². The van der Waals surface area contributed by atoms with E-state index in [4.69, 9.17) is 31.8 Å². The molecule has 1 atom stereocenters. The van der Waals surface area contributed by atoms with Crippen LogP contribution in [0.3, 0.4) is 0 Å². The molecule has 252 valence electrons. The van der Waals surface area contributed by atoms with Crippen molar-refractivity contribution >= 4 is 46.2 Å². The maximum absolute atomic E-state index is 13.9. The second-order valence-electron chi connectivity index (χ2n) is 13.0. The average Bonchev–Trinajstić information content (AvgIpc) is 3.54. The van der Waals surface area contributed by atoms with E-state index in [1.807, 2.05) is 30.0 Å². The van der Waals surface area contributed by atoms with Crippen LogP contribution in [-0.4, -0.2) is 79.9 Å². The van der Waals surface area contributed by atoms with Crippen LogP contribution in [0.5, 0.6) is 5.75 Å². The molecule has 2 aliphatic rings. The summed E-state index contributed by atoms with van der Waals surface area (Å²) in [5, 5.41) is 5.75. The summed E-state index contributed by atoms with van der Waals surface area (Å²) in [5.74, 6) is -0.353. The van der Waals surface area contributed by atoms with Gasteiger partial charge in [0.05, 0.1) is 49.4 Å². The van der Waals surface area contributed by atoms with Crippen molar-refractivity contribution in [2.45, 2.75) is 71.4 Å². The highest BCUT2D eigenvalue weighted by Crippen LogP contribution is 2.37. The summed E-state index contributed by atoms with van der Waals surface area (Å²) < 4.78 is 26.5. The Morgan fingerprint density at radius 2 is 1.92 bits per heavy atom. The van der Waals surface area contributed by atoms with Crippen molar-refractivity contribution < 1.29 is 28.2 Å². The molecule has 12 nitrogen and oxygen atoms in total. The molecule has 0 radical (unpaired) electrons. The van der Waals surface area contributed by atoms with Gasteiger partial charge in [-0.25, -0.2) is 14.1 Å². The molecule has 6 rings (SSSR count). The highest BCUT2D eigenvalue weighted by molar-refractivity contribution is 6.33. The molecule has 0 aliphatic carbocycles. The molecular formula is C34H37ClFN7O5. The lowest BCUT2D eigenvalue weighted by Crippen LogP contribution is -2.48. The van der Waals surface area contributed by atoms with Gasteiger partial charge < -0.3 is 25.0 Å². The summed E-state index contributed by atoms with van der Waals surface area (Å²) in [6, 6.07) is 8.03. The maximum Gasteiger partial charge on any atom is 0.306 e. The number of benzene rings is 1. The quantitative estimate of drug-likeness (QED) is 0.224. The molecule has 3 aromatic heterocycles. The number of primary amides is 1. The molecule has 0 spiro atoms. The molecule has 0 saturated carbocycles. The number of rotatable bonds is 11. The van der Waals surface area contributed by atoms with Gasteiger partial charge in [-0.3, -0.25) is 19.4 Å². The first-order valence-corrected chi connectivity index (χ1v) is 16.2. The Morgan fingerprint density at radius 3 is 2.58 bits per heavy atom. The van der Waals surface area contributed by atoms with Crippen molar-refractivity contribution in [3.63, 3.8) is 0 Å². The van der Waals surface area contributed by atoms with Crippen LogP contribution in [0.25, 0.3) is 22.3 Å².